The van der Waals surface area contributed by atoms with E-state index < -0.39 is 0 Å². The fourth-order valence-electron chi connectivity index (χ4n) is 3.38. The van der Waals surface area contributed by atoms with Gasteiger partial charge < -0.3 is 9.64 Å². The minimum Gasteiger partial charge on any atom is -0.462 e. The smallest absolute Gasteiger partial charge is 0.314 e. The fourth-order valence-corrected chi connectivity index (χ4v) is 4.15. The highest BCUT2D eigenvalue weighted by molar-refractivity contribution is 7.10. The lowest BCUT2D eigenvalue weighted by atomic mass is 10.0. The van der Waals surface area contributed by atoms with E-state index >= 15 is 0 Å². The normalized spacial score (nSPS) is 32.2. The zero-order chi connectivity index (χ0) is 13.4. The Morgan fingerprint density at radius 3 is 2.68 bits per heavy atom. The Morgan fingerprint density at radius 1 is 1.42 bits per heavy atom. The van der Waals surface area contributed by atoms with E-state index in [9.17, 15) is 4.79 Å². The highest BCUT2D eigenvalue weighted by atomic mass is 32.1. The van der Waals surface area contributed by atoms with Crippen molar-refractivity contribution < 1.29 is 9.53 Å². The average Bonchev–Trinajstić information content (AvgIpc) is 2.97. The molecular weight excluding hydrogens is 258 g/mol. The third-order valence-corrected chi connectivity index (χ3v) is 5.72. The highest BCUT2D eigenvalue weighted by Crippen LogP contribution is 2.36. The van der Waals surface area contributed by atoms with E-state index in [1.165, 1.54) is 12.8 Å². The van der Waals surface area contributed by atoms with Gasteiger partial charge in [-0.2, -0.15) is 0 Å². The maximum Gasteiger partial charge on any atom is 0.314 e. The number of ether oxygens (including phenoxy) is 1. The maximum atomic E-state index is 12.2. The predicted molar refractivity (Wildman–Crippen MR) is 76.4 cm³/mol. The van der Waals surface area contributed by atoms with Gasteiger partial charge in [0, 0.05) is 17.0 Å². The molecule has 0 radical (unpaired) electrons. The molecule has 2 aliphatic heterocycles. The Morgan fingerprint density at radius 2 is 2.11 bits per heavy atom. The molecule has 3 rings (SSSR count). The number of esters is 1. The largest absolute Gasteiger partial charge is 0.462 e. The third kappa shape index (κ3) is 2.56. The summed E-state index contributed by atoms with van der Waals surface area (Å²) >= 11 is 1.63. The number of nitrogens with zero attached hydrogens (tertiary/aromatic N) is 1. The van der Waals surface area contributed by atoms with Crippen molar-refractivity contribution in [2.75, 3.05) is 7.05 Å². The summed E-state index contributed by atoms with van der Waals surface area (Å²) in [7, 11) is 2.20. The van der Waals surface area contributed by atoms with Gasteiger partial charge >= 0.3 is 5.97 Å². The zero-order valence-electron chi connectivity index (χ0n) is 11.5. The molecule has 3 heterocycles. The number of hydrogen-bond acceptors (Lipinski definition) is 4. The van der Waals surface area contributed by atoms with Gasteiger partial charge in [0.05, 0.1) is 5.92 Å². The number of rotatable bonds is 3. The van der Waals surface area contributed by atoms with Crippen LogP contribution in [0.4, 0.5) is 0 Å². The molecule has 4 heteroatoms. The summed E-state index contributed by atoms with van der Waals surface area (Å²) in [4.78, 5) is 15.8. The first-order valence-corrected chi connectivity index (χ1v) is 7.99. The summed E-state index contributed by atoms with van der Waals surface area (Å²) in [5, 5.41) is 2.01. The monoisotopic (exact) mass is 279 g/mol. The number of hydrogen-bond donors (Lipinski definition) is 0. The van der Waals surface area contributed by atoms with Crippen molar-refractivity contribution in [3.05, 3.63) is 22.4 Å². The van der Waals surface area contributed by atoms with Crippen LogP contribution in [0.15, 0.2) is 17.5 Å². The van der Waals surface area contributed by atoms with Crippen LogP contribution in [0, 0.1) is 0 Å². The molecule has 2 bridgehead atoms. The van der Waals surface area contributed by atoms with Crippen molar-refractivity contribution in [3.8, 4) is 0 Å². The van der Waals surface area contributed by atoms with Crippen molar-refractivity contribution in [3.63, 3.8) is 0 Å². The van der Waals surface area contributed by atoms with Crippen LogP contribution in [0.2, 0.25) is 0 Å². The van der Waals surface area contributed by atoms with Crippen LogP contribution in [-0.2, 0) is 9.53 Å². The molecule has 0 aromatic carbocycles. The molecule has 2 aliphatic rings. The minimum absolute atomic E-state index is 0.0589. The number of fused-ring (bicyclic) bond motifs is 2. The Labute approximate surface area is 118 Å². The second kappa shape index (κ2) is 5.25. The Balaban J connectivity index is 1.59. The highest BCUT2D eigenvalue weighted by Gasteiger charge is 2.40. The van der Waals surface area contributed by atoms with Gasteiger partial charge in [-0.3, -0.25) is 4.79 Å². The summed E-state index contributed by atoms with van der Waals surface area (Å²) in [6, 6.07) is 5.23. The van der Waals surface area contributed by atoms with Gasteiger partial charge in [-0.15, -0.1) is 11.3 Å². The van der Waals surface area contributed by atoms with Crippen molar-refractivity contribution in [1.29, 1.82) is 0 Å². The second-order valence-corrected chi connectivity index (χ2v) is 6.80. The van der Waals surface area contributed by atoms with Crippen LogP contribution in [-0.4, -0.2) is 36.1 Å². The number of piperidine rings is 1. The molecule has 0 saturated carbocycles. The van der Waals surface area contributed by atoms with Gasteiger partial charge in [0.15, 0.2) is 0 Å². The summed E-state index contributed by atoms with van der Waals surface area (Å²) in [6.45, 7) is 1.94. The molecule has 2 fully saturated rings. The molecule has 1 aromatic heterocycles. The summed E-state index contributed by atoms with van der Waals surface area (Å²) < 4.78 is 5.75. The Hall–Kier alpha value is -0.870. The Bertz CT molecular complexity index is 431. The SMILES string of the molecule is CC(C(=O)O[C@@H]1C[C@H]2CC[C@@H](C1)N2C)c1cccs1. The van der Waals surface area contributed by atoms with Crippen LogP contribution in [0.5, 0.6) is 0 Å². The van der Waals surface area contributed by atoms with Crippen LogP contribution in [0.25, 0.3) is 0 Å². The first kappa shape index (κ1) is 13.1. The van der Waals surface area contributed by atoms with E-state index in [0.717, 1.165) is 17.7 Å². The van der Waals surface area contributed by atoms with E-state index in [0.29, 0.717) is 12.1 Å². The standard InChI is InChI=1S/C15H21NO2S/c1-10(14-4-3-7-19-14)15(17)18-13-8-11-5-6-12(9-13)16(11)2/h3-4,7,10-13H,5-6,8-9H2,1-2H3/t10?,11-,12+,13-. The van der Waals surface area contributed by atoms with Crippen molar-refractivity contribution in [2.45, 2.75) is 56.7 Å². The van der Waals surface area contributed by atoms with Gasteiger partial charge in [-0.1, -0.05) is 6.07 Å². The van der Waals surface area contributed by atoms with E-state index in [1.807, 2.05) is 24.4 Å². The maximum absolute atomic E-state index is 12.2. The lowest BCUT2D eigenvalue weighted by molar-refractivity contribution is -0.153. The molecule has 104 valence electrons. The first-order chi connectivity index (χ1) is 9.15. The average molecular weight is 279 g/mol. The van der Waals surface area contributed by atoms with Crippen LogP contribution in [0.1, 0.15) is 43.4 Å². The van der Waals surface area contributed by atoms with Gasteiger partial charge in [-0.05, 0) is 51.1 Å². The molecule has 0 spiro atoms. The lowest BCUT2D eigenvalue weighted by Gasteiger charge is -2.36. The molecule has 19 heavy (non-hydrogen) atoms. The predicted octanol–water partition coefficient (Wildman–Crippen LogP) is 3.02. The Kier molecular flexibility index (Phi) is 3.63. The van der Waals surface area contributed by atoms with Gasteiger partial charge in [-0.25, -0.2) is 0 Å². The van der Waals surface area contributed by atoms with Crippen LogP contribution < -0.4 is 0 Å². The van der Waals surface area contributed by atoms with Crippen molar-refractivity contribution >= 4 is 17.3 Å². The van der Waals surface area contributed by atoms with Crippen molar-refractivity contribution in [2.24, 2.45) is 0 Å². The van der Waals surface area contributed by atoms with Crippen LogP contribution in [0.3, 0.4) is 0 Å². The summed E-state index contributed by atoms with van der Waals surface area (Å²) in [5.74, 6) is -0.186. The molecule has 2 saturated heterocycles. The quantitative estimate of drug-likeness (QED) is 0.797. The third-order valence-electron chi connectivity index (χ3n) is 4.66. The summed E-state index contributed by atoms with van der Waals surface area (Å²) in [6.07, 6.45) is 4.67. The van der Waals surface area contributed by atoms with E-state index in [2.05, 4.69) is 11.9 Å². The second-order valence-electron chi connectivity index (χ2n) is 5.82. The van der Waals surface area contributed by atoms with E-state index in [4.69, 9.17) is 4.74 Å². The van der Waals surface area contributed by atoms with Gasteiger partial charge in [0.2, 0.25) is 0 Å². The molecule has 0 N–H and O–H groups in total. The molecule has 0 aliphatic carbocycles. The number of carbonyl (C=O) groups is 1. The van der Waals surface area contributed by atoms with E-state index in [-0.39, 0.29) is 18.0 Å². The zero-order valence-corrected chi connectivity index (χ0v) is 12.4. The molecule has 1 aromatic rings. The van der Waals surface area contributed by atoms with Crippen molar-refractivity contribution in [1.82, 2.24) is 4.90 Å². The lowest BCUT2D eigenvalue weighted by Crippen LogP contribution is -2.43. The van der Waals surface area contributed by atoms with E-state index in [1.54, 1.807) is 11.3 Å². The topological polar surface area (TPSA) is 29.5 Å². The minimum atomic E-state index is -0.127. The molecule has 0 amide bonds. The van der Waals surface area contributed by atoms with Gasteiger partial charge in [0.25, 0.3) is 0 Å². The molecule has 4 atom stereocenters. The van der Waals surface area contributed by atoms with Gasteiger partial charge in [0.1, 0.15) is 6.10 Å². The number of carbonyl (C=O) groups excluding carboxylic acids is 1. The van der Waals surface area contributed by atoms with Crippen LogP contribution >= 0.6 is 11.3 Å². The molecule has 3 nitrogen and oxygen atoms in total. The number of thiophene rings is 1. The fraction of sp³-hybridized carbons (Fsp3) is 0.667. The molecular formula is C15H21NO2S. The molecule has 1 unspecified atom stereocenters. The summed E-state index contributed by atoms with van der Waals surface area (Å²) in [5.41, 5.74) is 0. The first-order valence-electron chi connectivity index (χ1n) is 7.11.